The fourth-order valence-corrected chi connectivity index (χ4v) is 1.62. The lowest BCUT2D eigenvalue weighted by molar-refractivity contribution is 0.236. The Morgan fingerprint density at radius 2 is 2.17 bits per heavy atom. The van der Waals surface area contributed by atoms with E-state index in [1.807, 2.05) is 26.0 Å². The van der Waals surface area contributed by atoms with Crippen LogP contribution in [0.3, 0.4) is 0 Å². The predicted octanol–water partition coefficient (Wildman–Crippen LogP) is 2.33. The molecule has 2 aromatic rings. The largest absolute Gasteiger partial charge is 0.474 e. The van der Waals surface area contributed by atoms with Gasteiger partial charge in [-0.2, -0.15) is 5.26 Å². The number of rotatable bonds is 3. The molecule has 0 aromatic carbocycles. The van der Waals surface area contributed by atoms with Gasteiger partial charge in [0.05, 0.1) is 6.10 Å². The Balaban J connectivity index is 2.66. The Hall–Kier alpha value is -2.35. The molecule has 0 bridgehead atoms. The third-order valence-electron chi connectivity index (χ3n) is 2.40. The van der Waals surface area contributed by atoms with Crippen molar-refractivity contribution in [3.05, 3.63) is 24.0 Å². The van der Waals surface area contributed by atoms with Crippen molar-refractivity contribution in [2.75, 3.05) is 12.4 Å². The van der Waals surface area contributed by atoms with E-state index in [2.05, 4.69) is 15.3 Å². The maximum atomic E-state index is 8.96. The van der Waals surface area contributed by atoms with Gasteiger partial charge in [-0.15, -0.1) is 0 Å². The van der Waals surface area contributed by atoms with Crippen LogP contribution in [0.15, 0.2) is 18.3 Å². The van der Waals surface area contributed by atoms with Crippen LogP contribution in [0.4, 0.5) is 5.82 Å². The number of hydrogen-bond donors (Lipinski definition) is 1. The number of hydrogen-bond acceptors (Lipinski definition) is 5. The second-order valence-corrected chi connectivity index (χ2v) is 4.13. The van der Waals surface area contributed by atoms with Crippen LogP contribution in [0.1, 0.15) is 19.5 Å². The van der Waals surface area contributed by atoms with Crippen LogP contribution < -0.4 is 10.1 Å². The Morgan fingerprint density at radius 1 is 1.39 bits per heavy atom. The van der Waals surface area contributed by atoms with E-state index in [-0.39, 0.29) is 6.10 Å². The third kappa shape index (κ3) is 2.33. The Bertz CT molecular complexity index is 616. The van der Waals surface area contributed by atoms with Crippen LogP contribution in [-0.4, -0.2) is 23.1 Å². The summed E-state index contributed by atoms with van der Waals surface area (Å²) in [5.41, 5.74) is 0.331. The molecule has 18 heavy (non-hydrogen) atoms. The Kier molecular flexibility index (Phi) is 3.28. The van der Waals surface area contributed by atoms with Crippen molar-refractivity contribution in [2.24, 2.45) is 0 Å². The van der Waals surface area contributed by atoms with E-state index in [0.29, 0.717) is 11.6 Å². The average Bonchev–Trinajstić information content (AvgIpc) is 2.37. The lowest BCUT2D eigenvalue weighted by Gasteiger charge is -2.12. The minimum Gasteiger partial charge on any atom is -0.474 e. The minimum atomic E-state index is 0.000781. The summed E-state index contributed by atoms with van der Waals surface area (Å²) in [4.78, 5) is 8.41. The summed E-state index contributed by atoms with van der Waals surface area (Å²) in [6.45, 7) is 3.85. The molecule has 0 spiro atoms. The number of aromatic nitrogens is 2. The number of nitriles is 1. The number of nitrogens with one attached hydrogen (secondary N) is 1. The highest BCUT2D eigenvalue weighted by atomic mass is 16.5. The number of fused-ring (bicyclic) bond motifs is 1. The molecule has 0 unspecified atom stereocenters. The number of anilines is 1. The lowest BCUT2D eigenvalue weighted by atomic mass is 10.2. The van der Waals surface area contributed by atoms with Gasteiger partial charge in [-0.05, 0) is 26.0 Å². The third-order valence-corrected chi connectivity index (χ3v) is 2.40. The summed E-state index contributed by atoms with van der Waals surface area (Å²) in [6.07, 6.45) is 1.71. The van der Waals surface area contributed by atoms with Crippen LogP contribution in [-0.2, 0) is 0 Å². The minimum absolute atomic E-state index is 0.000781. The van der Waals surface area contributed by atoms with Crippen LogP contribution in [0, 0.1) is 11.3 Å². The highest BCUT2D eigenvalue weighted by Crippen LogP contribution is 2.26. The van der Waals surface area contributed by atoms with E-state index in [1.54, 1.807) is 19.3 Å². The molecule has 0 aliphatic rings. The SMILES string of the molecule is CNc1cc2c(OC(C)C)nc(C#N)cc2cn1. The van der Waals surface area contributed by atoms with Crippen molar-refractivity contribution in [1.82, 2.24) is 9.97 Å². The maximum Gasteiger partial charge on any atom is 0.223 e. The molecular formula is C13H14N4O. The summed E-state index contributed by atoms with van der Waals surface area (Å²) < 4.78 is 5.65. The molecule has 5 nitrogen and oxygen atoms in total. The van der Waals surface area contributed by atoms with Gasteiger partial charge in [-0.3, -0.25) is 0 Å². The first kappa shape index (κ1) is 12.1. The zero-order valence-electron chi connectivity index (χ0n) is 10.6. The first-order chi connectivity index (χ1) is 8.63. The van der Waals surface area contributed by atoms with Crippen LogP contribution in [0.2, 0.25) is 0 Å². The molecule has 0 atom stereocenters. The van der Waals surface area contributed by atoms with E-state index in [1.165, 1.54) is 0 Å². The smallest absolute Gasteiger partial charge is 0.223 e. The van der Waals surface area contributed by atoms with Crippen molar-refractivity contribution >= 4 is 16.6 Å². The van der Waals surface area contributed by atoms with E-state index >= 15 is 0 Å². The van der Waals surface area contributed by atoms with Gasteiger partial charge in [0, 0.05) is 24.0 Å². The molecule has 92 valence electrons. The van der Waals surface area contributed by atoms with Crippen molar-refractivity contribution in [3.63, 3.8) is 0 Å². The lowest BCUT2D eigenvalue weighted by Crippen LogP contribution is -2.08. The van der Waals surface area contributed by atoms with Crippen LogP contribution >= 0.6 is 0 Å². The van der Waals surface area contributed by atoms with Crippen molar-refractivity contribution in [2.45, 2.75) is 20.0 Å². The van der Waals surface area contributed by atoms with Crippen LogP contribution in [0.5, 0.6) is 5.88 Å². The predicted molar refractivity (Wildman–Crippen MR) is 69.6 cm³/mol. The molecule has 0 saturated heterocycles. The van der Waals surface area contributed by atoms with Crippen LogP contribution in [0.25, 0.3) is 10.8 Å². The quantitative estimate of drug-likeness (QED) is 0.894. The highest BCUT2D eigenvalue weighted by Gasteiger charge is 2.10. The Labute approximate surface area is 105 Å². The van der Waals surface area contributed by atoms with E-state index < -0.39 is 0 Å². The molecular weight excluding hydrogens is 228 g/mol. The monoisotopic (exact) mass is 242 g/mol. The molecule has 2 heterocycles. The number of nitrogens with zero attached hydrogens (tertiary/aromatic N) is 3. The fraction of sp³-hybridized carbons (Fsp3) is 0.308. The molecule has 5 heteroatoms. The van der Waals surface area contributed by atoms with E-state index in [9.17, 15) is 0 Å². The standard InChI is InChI=1S/C13H14N4O/c1-8(2)18-13-11-5-12(15-3)16-7-9(11)4-10(6-14)17-13/h4-5,7-8H,1-3H3,(H,15,16). The molecule has 0 aliphatic heterocycles. The second kappa shape index (κ2) is 4.88. The van der Waals surface area contributed by atoms with Crippen molar-refractivity contribution in [1.29, 1.82) is 5.26 Å². The van der Waals surface area contributed by atoms with Gasteiger partial charge < -0.3 is 10.1 Å². The van der Waals surface area contributed by atoms with Crippen molar-refractivity contribution < 1.29 is 4.74 Å². The molecule has 1 N–H and O–H groups in total. The summed E-state index contributed by atoms with van der Waals surface area (Å²) in [5.74, 6) is 1.21. The van der Waals surface area contributed by atoms with Crippen molar-refractivity contribution in [3.8, 4) is 11.9 Å². The highest BCUT2D eigenvalue weighted by molar-refractivity contribution is 5.88. The molecule has 0 amide bonds. The van der Waals surface area contributed by atoms with Gasteiger partial charge in [-0.1, -0.05) is 0 Å². The number of ether oxygens (including phenoxy) is 1. The van der Waals surface area contributed by atoms with E-state index in [0.717, 1.165) is 16.6 Å². The topological polar surface area (TPSA) is 70.8 Å². The zero-order chi connectivity index (χ0) is 13.1. The summed E-state index contributed by atoms with van der Waals surface area (Å²) in [7, 11) is 1.80. The van der Waals surface area contributed by atoms with Gasteiger partial charge in [-0.25, -0.2) is 9.97 Å². The second-order valence-electron chi connectivity index (χ2n) is 4.13. The average molecular weight is 242 g/mol. The van der Waals surface area contributed by atoms with Gasteiger partial charge in [0.2, 0.25) is 5.88 Å². The van der Waals surface area contributed by atoms with Gasteiger partial charge in [0.15, 0.2) is 0 Å². The summed E-state index contributed by atoms with van der Waals surface area (Å²) in [6, 6.07) is 5.59. The fourth-order valence-electron chi connectivity index (χ4n) is 1.62. The van der Waals surface area contributed by atoms with Gasteiger partial charge >= 0.3 is 0 Å². The molecule has 0 fully saturated rings. The zero-order valence-corrected chi connectivity index (χ0v) is 10.6. The first-order valence-corrected chi connectivity index (χ1v) is 5.69. The normalized spacial score (nSPS) is 10.4. The summed E-state index contributed by atoms with van der Waals surface area (Å²) >= 11 is 0. The number of pyridine rings is 2. The van der Waals surface area contributed by atoms with E-state index in [4.69, 9.17) is 10.00 Å². The Morgan fingerprint density at radius 3 is 2.78 bits per heavy atom. The first-order valence-electron chi connectivity index (χ1n) is 5.69. The molecule has 0 radical (unpaired) electrons. The maximum absolute atomic E-state index is 8.96. The molecule has 2 aromatic heterocycles. The molecule has 2 rings (SSSR count). The molecule has 0 saturated carbocycles. The molecule has 0 aliphatic carbocycles. The summed E-state index contributed by atoms with van der Waals surface area (Å²) in [5, 5.41) is 13.6. The van der Waals surface area contributed by atoms with Gasteiger partial charge in [0.1, 0.15) is 17.6 Å². The van der Waals surface area contributed by atoms with Gasteiger partial charge in [0.25, 0.3) is 0 Å².